The Hall–Kier alpha value is -12.3. The zero-order chi connectivity index (χ0) is 105. The number of halogens is 4. The van der Waals surface area contributed by atoms with Crippen LogP contribution in [0.1, 0.15) is 241 Å². The van der Waals surface area contributed by atoms with Gasteiger partial charge in [0.1, 0.15) is 90.8 Å². The van der Waals surface area contributed by atoms with E-state index in [4.69, 9.17) is 35.4 Å². The Labute approximate surface area is 841 Å². The van der Waals surface area contributed by atoms with Crippen molar-refractivity contribution >= 4 is 25.7 Å². The van der Waals surface area contributed by atoms with Gasteiger partial charge in [0.25, 0.3) is 0 Å². The minimum atomic E-state index is -3.21. The molecule has 3 N–H and O–H groups in total. The summed E-state index contributed by atoms with van der Waals surface area (Å²) in [7, 11) is -6.34. The van der Waals surface area contributed by atoms with Crippen molar-refractivity contribution in [3.63, 3.8) is 0 Å². The van der Waals surface area contributed by atoms with E-state index in [0.29, 0.717) is 54.7 Å². The Morgan fingerprint density at radius 2 is 0.553 bits per heavy atom. The van der Waals surface area contributed by atoms with Gasteiger partial charge in [-0.2, -0.15) is 0 Å². The Balaban J connectivity index is 0.000000248. The first kappa shape index (κ1) is 117. The van der Waals surface area contributed by atoms with Crippen LogP contribution in [0.5, 0.6) is 34.5 Å². The highest BCUT2D eigenvalue weighted by Gasteiger charge is 2.22. The number of aromatic hydroxyl groups is 1. The average Bonchev–Trinajstić information content (AvgIpc) is 0.812. The normalized spacial score (nSPS) is 11.7. The molecular formula is C122H151F4N3O10S2. The second kappa shape index (κ2) is 53.5. The minimum absolute atomic E-state index is 0.0751. The molecule has 0 aliphatic rings. The van der Waals surface area contributed by atoms with Gasteiger partial charge in [0.2, 0.25) is 20.0 Å². The molecule has 0 radical (unpaired) electrons. The van der Waals surface area contributed by atoms with Crippen LogP contribution in [0.4, 0.5) is 23.2 Å². The molecule has 141 heavy (non-hydrogen) atoms. The van der Waals surface area contributed by atoms with Crippen molar-refractivity contribution in [3.05, 3.63) is 411 Å². The summed E-state index contributed by atoms with van der Waals surface area (Å²) in [6, 6.07) is 99.2. The minimum Gasteiger partial charge on any atom is -0.508 e. The number of phenols is 1. The molecule has 13 aromatic rings. The summed E-state index contributed by atoms with van der Waals surface area (Å²) in [4.78, 5) is 3.50. The van der Waals surface area contributed by atoms with Gasteiger partial charge in [-0.15, -0.1) is 0 Å². The van der Waals surface area contributed by atoms with Crippen molar-refractivity contribution in [3.8, 4) is 56.8 Å². The second-order valence-electron chi connectivity index (χ2n) is 43.1. The summed E-state index contributed by atoms with van der Waals surface area (Å²) in [5, 5.41) is 8.60. The molecule has 13 rings (SSSR count). The molecular weight excluding hydrogens is 1810 g/mol. The largest absolute Gasteiger partial charge is 0.508 e. The summed E-state index contributed by atoms with van der Waals surface area (Å²) in [5.74, 6) is 1.98. The van der Waals surface area contributed by atoms with E-state index in [-0.39, 0.29) is 63.0 Å². The van der Waals surface area contributed by atoms with E-state index >= 15 is 0 Å². The third kappa shape index (κ3) is 44.2. The predicted molar refractivity (Wildman–Crippen MR) is 578 cm³/mol. The third-order valence-electron chi connectivity index (χ3n) is 22.3. The Bertz CT molecular complexity index is 6150. The summed E-state index contributed by atoms with van der Waals surface area (Å²) in [6.45, 7) is 64.9. The van der Waals surface area contributed by atoms with Gasteiger partial charge in [0, 0.05) is 25.2 Å². The lowest BCUT2D eigenvalue weighted by Crippen LogP contribution is -2.33. The number of phenolic OH excluding ortho intramolecular Hbond substituents is 1. The number of ether oxygens (including phenoxy) is 5. The van der Waals surface area contributed by atoms with Crippen molar-refractivity contribution in [1.82, 2.24) is 9.44 Å². The Morgan fingerprint density at radius 3 is 0.865 bits per heavy atom. The van der Waals surface area contributed by atoms with Gasteiger partial charge < -0.3 is 28.8 Å². The summed E-state index contributed by atoms with van der Waals surface area (Å²) in [6.07, 6.45) is 1.13. The van der Waals surface area contributed by atoms with Crippen LogP contribution in [0.3, 0.4) is 0 Å². The number of sulfonamides is 2. The van der Waals surface area contributed by atoms with E-state index in [1.165, 1.54) is 85.5 Å². The van der Waals surface area contributed by atoms with Crippen molar-refractivity contribution in [2.75, 3.05) is 32.6 Å². The van der Waals surface area contributed by atoms with Crippen LogP contribution >= 0.6 is 0 Å². The zero-order valence-electron chi connectivity index (χ0n) is 87.9. The topological polar surface area (TPSA) is 163 Å². The monoisotopic (exact) mass is 1960 g/mol. The second-order valence-corrected chi connectivity index (χ2v) is 47.2. The summed E-state index contributed by atoms with van der Waals surface area (Å²) >= 11 is 0. The van der Waals surface area contributed by atoms with Gasteiger partial charge in [-0.05, 0) is 238 Å². The highest BCUT2D eigenvalue weighted by molar-refractivity contribution is 7.90. The van der Waals surface area contributed by atoms with Crippen molar-refractivity contribution in [1.29, 1.82) is 0 Å². The number of benzene rings is 13. The average molecular weight is 1960 g/mol. The van der Waals surface area contributed by atoms with Gasteiger partial charge in [0.05, 0.1) is 18.1 Å². The lowest BCUT2D eigenvalue weighted by molar-refractivity contribution is 0.304. The fourth-order valence-electron chi connectivity index (χ4n) is 13.3. The SMILES string of the molecule is CC(C)(C)c1ccc(-c2cc(F)cc(F)c2)cc1.CC(C)(C)c1ccc(-c2ccccc2)cc1.CC(C)(C)c1ccc(O)cc1.CC(C)(C)c1ccc(OCCNS(C)(=O)=O)cc1.CC(C)(C)c1ccc(OCc2cc(F)cc(F)c2)cc1.CC(C)(C)c1ccc(OCc2ccccc2)cc1.CC(C)S(=O)(=O)NCCOc1ccc(C(C)(C)C)cc1.[C-]#[N+]c1ccccc1COc1ccc(C(C)(C)C)cc1. The van der Waals surface area contributed by atoms with Crippen LogP contribution in [-0.4, -0.2) is 59.8 Å². The van der Waals surface area contributed by atoms with Crippen molar-refractivity contribution in [2.45, 2.75) is 248 Å². The fraction of sp³-hybridized carbons (Fsp3) is 0.352. The van der Waals surface area contributed by atoms with Gasteiger partial charge in [-0.1, -0.05) is 372 Å². The molecule has 0 fully saturated rings. The van der Waals surface area contributed by atoms with Crippen LogP contribution in [0, 0.1) is 29.8 Å². The molecule has 13 nitrogen and oxygen atoms in total. The van der Waals surface area contributed by atoms with E-state index < -0.39 is 48.6 Å². The van der Waals surface area contributed by atoms with E-state index in [9.17, 15) is 34.4 Å². The number of hydrogen-bond acceptors (Lipinski definition) is 10. The van der Waals surface area contributed by atoms with Gasteiger partial charge in [0.15, 0.2) is 5.69 Å². The van der Waals surface area contributed by atoms with E-state index in [0.717, 1.165) is 52.5 Å². The molecule has 0 amide bonds. The van der Waals surface area contributed by atoms with Crippen LogP contribution in [0.25, 0.3) is 27.1 Å². The highest BCUT2D eigenvalue weighted by Crippen LogP contribution is 2.34. The molecule has 19 heteroatoms. The van der Waals surface area contributed by atoms with Gasteiger partial charge in [-0.25, -0.2) is 48.7 Å². The molecule has 0 heterocycles. The van der Waals surface area contributed by atoms with Crippen molar-refractivity contribution in [2.24, 2.45) is 0 Å². The molecule has 0 aliphatic heterocycles. The number of hydrogen-bond donors (Lipinski definition) is 3. The molecule has 0 saturated heterocycles. The Kier molecular flexibility index (Phi) is 44.6. The molecule has 0 bridgehead atoms. The molecule has 754 valence electrons. The standard InChI is InChI=1S/C18H19NO.C17H18F2O.C17H20O.C16H16F2.C16H18.C15H25NO3S.C13H21NO3S.C10H14O/c1-18(2,3)15-9-11-16(12-10-15)20-13-14-7-5-6-8-17(14)19-4;1-17(2,3)13-4-6-16(7-5-13)20-11-12-8-14(18)10-15(19)9-12;1-17(2,3)15-9-11-16(12-10-15)18-13-14-7-5-4-6-8-14;1-16(2,3)13-6-4-11(5-7-13)12-8-14(17)10-15(18)9-12;1-16(2,3)15-11-9-14(10-12-15)13-7-5-4-6-8-13;1-12(2)20(17,18)16-10-11-19-14-8-6-13(7-9-14)15(3,4)5;1-13(2,3)11-5-7-12(8-6-11)17-10-9-14-18(4,15)16;1-10(2,3)8-4-6-9(11)7-5-8/h5-12H,13H2,1-3H3;4-10H,11H2,1-3H3;4-12H,13H2,1-3H3;4-10H,1-3H3;4-12H,1-3H3;6-9,12,16H,10-11H2,1-5H3;5-8,14H,9-10H2,1-4H3;4-7,11H,1-3H3. The number of rotatable bonds is 22. The first-order valence-corrected chi connectivity index (χ1v) is 51.2. The van der Waals surface area contributed by atoms with Gasteiger partial charge >= 0.3 is 0 Å². The summed E-state index contributed by atoms with van der Waals surface area (Å²) < 4.78 is 130. The first-order chi connectivity index (χ1) is 65.6. The van der Waals surface area contributed by atoms with Crippen LogP contribution in [0.15, 0.2) is 315 Å². The highest BCUT2D eigenvalue weighted by atomic mass is 32.2. The third-order valence-corrected chi connectivity index (χ3v) is 24.8. The Morgan fingerprint density at radius 1 is 0.298 bits per heavy atom. The van der Waals surface area contributed by atoms with E-state index in [2.05, 4.69) is 265 Å². The van der Waals surface area contributed by atoms with Crippen LogP contribution < -0.4 is 33.1 Å². The molecule has 13 aromatic carbocycles. The molecule has 0 aliphatic carbocycles. The maximum atomic E-state index is 13.1. The quantitative estimate of drug-likeness (QED) is 0.0338. The summed E-state index contributed by atoms with van der Waals surface area (Å²) in [5.41, 5.74) is 18.5. The van der Waals surface area contributed by atoms with E-state index in [1.54, 1.807) is 26.0 Å². The smallest absolute Gasteiger partial charge is 0.214 e. The molecule has 0 unspecified atom stereocenters. The van der Waals surface area contributed by atoms with E-state index in [1.807, 2.05) is 182 Å². The van der Waals surface area contributed by atoms with Crippen molar-refractivity contribution < 1.29 is 63.2 Å². The fourth-order valence-corrected chi connectivity index (χ4v) is 14.5. The molecule has 0 saturated carbocycles. The maximum absolute atomic E-state index is 13.1. The lowest BCUT2D eigenvalue weighted by Gasteiger charge is -2.19. The van der Waals surface area contributed by atoms with Crippen LogP contribution in [-0.2, 0) is 83.2 Å². The first-order valence-electron chi connectivity index (χ1n) is 47.7. The lowest BCUT2D eigenvalue weighted by atomic mass is 9.86. The predicted octanol–water partition coefficient (Wildman–Crippen LogP) is 31.4. The zero-order valence-corrected chi connectivity index (χ0v) is 89.6. The van der Waals surface area contributed by atoms with Gasteiger partial charge in [-0.3, -0.25) is 0 Å². The molecule has 0 atom stereocenters. The molecule has 0 spiro atoms. The number of nitrogens with one attached hydrogen (secondary N) is 2. The maximum Gasteiger partial charge on any atom is 0.214 e. The number of para-hydroxylation sites is 1. The van der Waals surface area contributed by atoms with Crippen LogP contribution in [0.2, 0.25) is 0 Å². The number of nitrogens with zero attached hydrogens (tertiary/aromatic N) is 1. The molecule has 0 aromatic heterocycles.